The van der Waals surface area contributed by atoms with E-state index < -0.39 is 0 Å². The number of carbonyl (C=O) groups excluding carboxylic acids is 1. The van der Waals surface area contributed by atoms with Gasteiger partial charge in [-0.25, -0.2) is 0 Å². The minimum Gasteiger partial charge on any atom is -0.485 e. The van der Waals surface area contributed by atoms with E-state index in [-0.39, 0.29) is 12.4 Å². The first-order valence-corrected chi connectivity index (χ1v) is 6.95. The predicted molar refractivity (Wildman–Crippen MR) is 81.3 cm³/mol. The number of ether oxygens (including phenoxy) is 1. The van der Waals surface area contributed by atoms with Crippen LogP contribution in [0.25, 0.3) is 0 Å². The van der Waals surface area contributed by atoms with Crippen molar-refractivity contribution in [3.63, 3.8) is 0 Å². The summed E-state index contributed by atoms with van der Waals surface area (Å²) in [5.41, 5.74) is 1.97. The maximum Gasteiger partial charge on any atom is 0.200 e. The van der Waals surface area contributed by atoms with Crippen LogP contribution in [0, 0.1) is 5.92 Å². The first kappa shape index (κ1) is 14.3. The summed E-state index contributed by atoms with van der Waals surface area (Å²) in [4.78, 5) is 12.0. The lowest BCUT2D eigenvalue weighted by Gasteiger charge is -2.07. The van der Waals surface area contributed by atoms with Crippen LogP contribution >= 0.6 is 0 Å². The molecule has 0 N–H and O–H groups in total. The fourth-order valence-electron chi connectivity index (χ4n) is 2.05. The first-order chi connectivity index (χ1) is 9.65. The van der Waals surface area contributed by atoms with Crippen molar-refractivity contribution in [2.75, 3.05) is 6.61 Å². The zero-order chi connectivity index (χ0) is 14.4. The molecule has 0 unspecified atom stereocenters. The van der Waals surface area contributed by atoms with E-state index in [1.165, 1.54) is 5.56 Å². The van der Waals surface area contributed by atoms with E-state index in [0.29, 0.717) is 11.5 Å². The van der Waals surface area contributed by atoms with E-state index in [2.05, 4.69) is 13.8 Å². The van der Waals surface area contributed by atoms with Gasteiger partial charge < -0.3 is 4.74 Å². The third kappa shape index (κ3) is 4.23. The lowest BCUT2D eigenvalue weighted by molar-refractivity contribution is 0.0921. The Morgan fingerprint density at radius 2 is 1.65 bits per heavy atom. The smallest absolute Gasteiger partial charge is 0.200 e. The zero-order valence-corrected chi connectivity index (χ0v) is 12.0. The third-order valence-corrected chi connectivity index (χ3v) is 3.03. The summed E-state index contributed by atoms with van der Waals surface area (Å²) in [5.74, 6) is 1.35. The largest absolute Gasteiger partial charge is 0.485 e. The molecular formula is C18H20O2. The monoisotopic (exact) mass is 268 g/mol. The molecular weight excluding hydrogens is 248 g/mol. The van der Waals surface area contributed by atoms with Crippen LogP contribution in [0.2, 0.25) is 0 Å². The van der Waals surface area contributed by atoms with Crippen molar-refractivity contribution >= 4 is 5.78 Å². The van der Waals surface area contributed by atoms with E-state index in [0.717, 1.165) is 12.2 Å². The summed E-state index contributed by atoms with van der Waals surface area (Å²) >= 11 is 0. The fraction of sp³-hybridized carbons (Fsp3) is 0.278. The van der Waals surface area contributed by atoms with Crippen LogP contribution in [0.3, 0.4) is 0 Å². The number of Topliss-reactive ketones (excluding diaryl/α,β-unsaturated/α-hetero) is 1. The highest BCUT2D eigenvalue weighted by atomic mass is 16.5. The van der Waals surface area contributed by atoms with Gasteiger partial charge in [-0.3, -0.25) is 4.79 Å². The third-order valence-electron chi connectivity index (χ3n) is 3.03. The number of ketones is 1. The summed E-state index contributed by atoms with van der Waals surface area (Å²) in [6.45, 7) is 4.45. The molecule has 0 amide bonds. The van der Waals surface area contributed by atoms with Gasteiger partial charge in [0, 0.05) is 5.56 Å². The standard InChI is InChI=1S/C18H20O2/c1-14(2)12-15-8-10-16(11-9-15)18(19)13-20-17-6-4-3-5-7-17/h3-11,14H,12-13H2,1-2H3. The minimum absolute atomic E-state index is 0.00458. The number of benzene rings is 2. The van der Waals surface area contributed by atoms with Crippen LogP contribution in [0.1, 0.15) is 29.8 Å². The van der Waals surface area contributed by atoms with Crippen LogP contribution in [0.5, 0.6) is 5.75 Å². The Balaban J connectivity index is 1.92. The van der Waals surface area contributed by atoms with Crippen molar-refractivity contribution in [1.29, 1.82) is 0 Å². The summed E-state index contributed by atoms with van der Waals surface area (Å²) in [5, 5.41) is 0. The molecule has 20 heavy (non-hydrogen) atoms. The number of hydrogen-bond donors (Lipinski definition) is 0. The van der Waals surface area contributed by atoms with Crippen LogP contribution in [-0.2, 0) is 6.42 Å². The van der Waals surface area contributed by atoms with E-state index in [4.69, 9.17) is 4.74 Å². The molecule has 0 saturated heterocycles. The summed E-state index contributed by atoms with van der Waals surface area (Å²) < 4.78 is 5.47. The Morgan fingerprint density at radius 1 is 1.00 bits per heavy atom. The summed E-state index contributed by atoms with van der Waals surface area (Å²) in [7, 11) is 0. The Labute approximate surface area is 120 Å². The number of para-hydroxylation sites is 1. The quantitative estimate of drug-likeness (QED) is 0.736. The van der Waals surface area contributed by atoms with Crippen molar-refractivity contribution in [2.45, 2.75) is 20.3 Å². The second-order valence-corrected chi connectivity index (χ2v) is 5.32. The van der Waals surface area contributed by atoms with Gasteiger partial charge in [-0.15, -0.1) is 0 Å². The van der Waals surface area contributed by atoms with Gasteiger partial charge in [0.25, 0.3) is 0 Å². The van der Waals surface area contributed by atoms with Gasteiger partial charge in [-0.2, -0.15) is 0 Å². The second kappa shape index (κ2) is 6.90. The average molecular weight is 268 g/mol. The number of carbonyl (C=O) groups is 1. The molecule has 0 heterocycles. The molecule has 0 saturated carbocycles. The van der Waals surface area contributed by atoms with Crippen LogP contribution in [0.15, 0.2) is 54.6 Å². The van der Waals surface area contributed by atoms with E-state index in [1.807, 2.05) is 54.6 Å². The minimum atomic E-state index is 0.00458. The summed E-state index contributed by atoms with van der Waals surface area (Å²) in [6, 6.07) is 17.2. The maximum absolute atomic E-state index is 12.0. The maximum atomic E-state index is 12.0. The van der Waals surface area contributed by atoms with E-state index in [9.17, 15) is 4.79 Å². The van der Waals surface area contributed by atoms with Crippen LogP contribution in [-0.4, -0.2) is 12.4 Å². The molecule has 2 heteroatoms. The number of hydrogen-bond acceptors (Lipinski definition) is 2. The molecule has 2 aromatic carbocycles. The normalized spacial score (nSPS) is 10.6. The molecule has 0 aliphatic heterocycles. The first-order valence-electron chi connectivity index (χ1n) is 6.95. The Hall–Kier alpha value is -2.09. The lowest BCUT2D eigenvalue weighted by atomic mass is 10.0. The van der Waals surface area contributed by atoms with Crippen molar-refractivity contribution in [3.8, 4) is 5.75 Å². The van der Waals surface area contributed by atoms with Gasteiger partial charge in [-0.05, 0) is 30.0 Å². The molecule has 104 valence electrons. The Bertz CT molecular complexity index is 541. The SMILES string of the molecule is CC(C)Cc1ccc(C(=O)COc2ccccc2)cc1. The van der Waals surface area contributed by atoms with Gasteiger partial charge in [0.1, 0.15) is 5.75 Å². The van der Waals surface area contributed by atoms with Crippen molar-refractivity contribution in [1.82, 2.24) is 0 Å². The van der Waals surface area contributed by atoms with E-state index in [1.54, 1.807) is 0 Å². The van der Waals surface area contributed by atoms with Gasteiger partial charge in [0.05, 0.1) is 0 Å². The molecule has 0 atom stereocenters. The molecule has 0 aromatic heterocycles. The van der Waals surface area contributed by atoms with Crippen molar-refractivity contribution < 1.29 is 9.53 Å². The van der Waals surface area contributed by atoms with Crippen molar-refractivity contribution in [2.24, 2.45) is 5.92 Å². The highest BCUT2D eigenvalue weighted by molar-refractivity contribution is 5.97. The summed E-state index contributed by atoms with van der Waals surface area (Å²) in [6.07, 6.45) is 1.04. The average Bonchev–Trinajstić information content (AvgIpc) is 2.46. The Kier molecular flexibility index (Phi) is 4.94. The van der Waals surface area contributed by atoms with Crippen LogP contribution < -0.4 is 4.74 Å². The molecule has 2 nitrogen and oxygen atoms in total. The van der Waals surface area contributed by atoms with Gasteiger partial charge in [-0.1, -0.05) is 56.3 Å². The molecule has 0 aliphatic rings. The molecule has 0 spiro atoms. The number of rotatable bonds is 6. The van der Waals surface area contributed by atoms with Gasteiger partial charge in [0.15, 0.2) is 12.4 Å². The molecule has 2 aromatic rings. The lowest BCUT2D eigenvalue weighted by Crippen LogP contribution is -2.11. The molecule has 0 radical (unpaired) electrons. The molecule has 0 aliphatic carbocycles. The highest BCUT2D eigenvalue weighted by Gasteiger charge is 2.07. The molecule has 2 rings (SSSR count). The van der Waals surface area contributed by atoms with Gasteiger partial charge in [0.2, 0.25) is 0 Å². The Morgan fingerprint density at radius 3 is 2.25 bits per heavy atom. The van der Waals surface area contributed by atoms with Crippen LogP contribution in [0.4, 0.5) is 0 Å². The fourth-order valence-corrected chi connectivity index (χ4v) is 2.05. The van der Waals surface area contributed by atoms with Crippen molar-refractivity contribution in [3.05, 3.63) is 65.7 Å². The van der Waals surface area contributed by atoms with E-state index >= 15 is 0 Å². The highest BCUT2D eigenvalue weighted by Crippen LogP contribution is 2.12. The topological polar surface area (TPSA) is 26.3 Å². The molecule has 0 fully saturated rings. The predicted octanol–water partition coefficient (Wildman–Crippen LogP) is 4.15. The van der Waals surface area contributed by atoms with Gasteiger partial charge >= 0.3 is 0 Å². The second-order valence-electron chi connectivity index (χ2n) is 5.32. The zero-order valence-electron chi connectivity index (χ0n) is 12.0. The molecule has 0 bridgehead atoms.